The van der Waals surface area contributed by atoms with Gasteiger partial charge in [0.05, 0.1) is 6.04 Å². The lowest BCUT2D eigenvalue weighted by atomic mass is 9.84. The number of nitrogens with zero attached hydrogens (tertiary/aromatic N) is 1. The van der Waals surface area contributed by atoms with Crippen molar-refractivity contribution < 1.29 is 14.4 Å². The minimum absolute atomic E-state index is 0.381. The van der Waals surface area contributed by atoms with Crippen molar-refractivity contribution in [1.82, 2.24) is 4.90 Å². The zero-order valence-corrected chi connectivity index (χ0v) is 10.9. The molecular weight excluding hydrogens is 218 g/mol. The van der Waals surface area contributed by atoms with Crippen molar-refractivity contribution in [2.24, 2.45) is 5.41 Å². The smallest absolute Gasteiger partial charge is 0.291 e. The molecule has 1 amide bonds. The molecule has 1 rings (SSSR count). The summed E-state index contributed by atoms with van der Waals surface area (Å²) in [6.45, 7) is 5.95. The molecule has 0 aromatic rings. The van der Waals surface area contributed by atoms with E-state index in [0.29, 0.717) is 19.4 Å². The predicted molar refractivity (Wildman–Crippen MR) is 64.5 cm³/mol. The van der Waals surface area contributed by atoms with Gasteiger partial charge in [-0.25, -0.2) is 0 Å². The van der Waals surface area contributed by atoms with Crippen LogP contribution in [-0.4, -0.2) is 35.5 Å². The van der Waals surface area contributed by atoms with E-state index >= 15 is 0 Å². The van der Waals surface area contributed by atoms with Crippen LogP contribution < -0.4 is 0 Å². The van der Waals surface area contributed by atoms with Gasteiger partial charge >= 0.3 is 0 Å². The molecule has 96 valence electrons. The Hall–Kier alpha value is -1.19. The Bertz CT molecular complexity index is 323. The maximum Gasteiger partial charge on any atom is 0.291 e. The monoisotopic (exact) mass is 239 g/mol. The fraction of sp³-hybridized carbons (Fsp3) is 0.769. The van der Waals surface area contributed by atoms with E-state index in [4.69, 9.17) is 0 Å². The number of hydrogen-bond acceptors (Lipinski definition) is 3. The Morgan fingerprint density at radius 3 is 2.53 bits per heavy atom. The van der Waals surface area contributed by atoms with Crippen LogP contribution in [0.4, 0.5) is 0 Å². The first kappa shape index (κ1) is 13.9. The van der Waals surface area contributed by atoms with Crippen molar-refractivity contribution in [2.45, 2.75) is 52.5 Å². The molecule has 0 radical (unpaired) electrons. The van der Waals surface area contributed by atoms with E-state index in [-0.39, 0.29) is 5.78 Å². The Morgan fingerprint density at radius 2 is 2.00 bits per heavy atom. The summed E-state index contributed by atoms with van der Waals surface area (Å²) in [5.41, 5.74) is -0.637. The van der Waals surface area contributed by atoms with Crippen LogP contribution in [0.2, 0.25) is 0 Å². The normalized spacial score (nSPS) is 21.1. The van der Waals surface area contributed by atoms with Crippen LogP contribution >= 0.6 is 0 Å². The molecule has 1 heterocycles. The van der Waals surface area contributed by atoms with E-state index in [1.807, 2.05) is 6.92 Å². The van der Waals surface area contributed by atoms with Crippen molar-refractivity contribution in [2.75, 3.05) is 6.54 Å². The van der Waals surface area contributed by atoms with Gasteiger partial charge in [-0.05, 0) is 25.7 Å². The van der Waals surface area contributed by atoms with Crippen molar-refractivity contribution in [3.05, 3.63) is 0 Å². The summed E-state index contributed by atoms with van der Waals surface area (Å²) < 4.78 is 0. The highest BCUT2D eigenvalue weighted by molar-refractivity contribution is 6.38. The number of piperidine rings is 1. The molecule has 0 spiro atoms. The van der Waals surface area contributed by atoms with Gasteiger partial charge in [0, 0.05) is 12.0 Å². The third kappa shape index (κ3) is 2.93. The molecule has 0 aromatic carbocycles. The van der Waals surface area contributed by atoms with Gasteiger partial charge in [0.15, 0.2) is 0 Å². The topological polar surface area (TPSA) is 54.5 Å². The van der Waals surface area contributed by atoms with Gasteiger partial charge in [-0.1, -0.05) is 20.8 Å². The lowest BCUT2D eigenvalue weighted by Crippen LogP contribution is -2.50. The molecule has 0 saturated carbocycles. The molecule has 1 fully saturated rings. The summed E-state index contributed by atoms with van der Waals surface area (Å²) in [5, 5.41) is 0. The van der Waals surface area contributed by atoms with Gasteiger partial charge in [-0.3, -0.25) is 9.59 Å². The molecule has 1 aliphatic heterocycles. The molecule has 0 N–H and O–H groups in total. The molecule has 1 aliphatic rings. The molecule has 1 atom stereocenters. The molecular formula is C13H21NO3. The van der Waals surface area contributed by atoms with E-state index in [1.54, 1.807) is 13.8 Å². The Labute approximate surface area is 102 Å². The summed E-state index contributed by atoms with van der Waals surface area (Å²) >= 11 is 0. The second-order valence-electron chi connectivity index (χ2n) is 5.26. The molecule has 0 bridgehead atoms. The largest absolute Gasteiger partial charge is 0.326 e. The van der Waals surface area contributed by atoms with E-state index in [2.05, 4.69) is 0 Å². The third-order valence-corrected chi connectivity index (χ3v) is 3.66. The van der Waals surface area contributed by atoms with Crippen LogP contribution in [0.25, 0.3) is 0 Å². The highest BCUT2D eigenvalue weighted by atomic mass is 16.2. The van der Waals surface area contributed by atoms with Gasteiger partial charge < -0.3 is 9.69 Å². The highest BCUT2D eigenvalue weighted by Gasteiger charge is 2.37. The fourth-order valence-corrected chi connectivity index (χ4v) is 1.93. The second kappa shape index (κ2) is 5.43. The lowest BCUT2D eigenvalue weighted by Gasteiger charge is -2.33. The van der Waals surface area contributed by atoms with Crippen LogP contribution in [-0.2, 0) is 14.4 Å². The van der Waals surface area contributed by atoms with Crippen molar-refractivity contribution in [3.8, 4) is 0 Å². The van der Waals surface area contributed by atoms with Crippen LogP contribution in [0.3, 0.4) is 0 Å². The standard InChI is InChI=1S/C13H21NO3/c1-4-13(2,3)11(16)12(17)14-8-6-5-7-10(14)9-15/h9-10H,4-8H2,1-3H3. The second-order valence-corrected chi connectivity index (χ2v) is 5.26. The summed E-state index contributed by atoms with van der Waals surface area (Å²) in [7, 11) is 0. The average Bonchev–Trinajstić information content (AvgIpc) is 2.36. The van der Waals surface area contributed by atoms with E-state index < -0.39 is 17.4 Å². The number of Topliss-reactive ketones (excluding diaryl/α,β-unsaturated/α-hetero) is 1. The molecule has 4 heteroatoms. The quantitative estimate of drug-likeness (QED) is 0.552. The Balaban J connectivity index is 2.81. The van der Waals surface area contributed by atoms with Gasteiger partial charge in [-0.15, -0.1) is 0 Å². The summed E-state index contributed by atoms with van der Waals surface area (Å²) in [6, 6.07) is -0.409. The maximum atomic E-state index is 12.1. The number of hydrogen-bond donors (Lipinski definition) is 0. The van der Waals surface area contributed by atoms with E-state index in [1.165, 1.54) is 4.90 Å². The van der Waals surface area contributed by atoms with Gasteiger partial charge in [0.2, 0.25) is 5.78 Å². The summed E-state index contributed by atoms with van der Waals surface area (Å²) in [6.07, 6.45) is 3.89. The number of amides is 1. The van der Waals surface area contributed by atoms with Crippen LogP contribution in [0, 0.1) is 5.41 Å². The SMILES string of the molecule is CCC(C)(C)C(=O)C(=O)N1CCCCC1C=O. The molecule has 0 aliphatic carbocycles. The first-order valence-electron chi connectivity index (χ1n) is 6.24. The van der Waals surface area contributed by atoms with Gasteiger partial charge in [0.1, 0.15) is 6.29 Å². The first-order chi connectivity index (χ1) is 7.94. The zero-order valence-electron chi connectivity index (χ0n) is 10.9. The van der Waals surface area contributed by atoms with Crippen molar-refractivity contribution in [3.63, 3.8) is 0 Å². The van der Waals surface area contributed by atoms with Crippen LogP contribution in [0.5, 0.6) is 0 Å². The third-order valence-electron chi connectivity index (χ3n) is 3.66. The molecule has 0 aromatic heterocycles. The minimum atomic E-state index is -0.637. The van der Waals surface area contributed by atoms with Crippen LogP contribution in [0.1, 0.15) is 46.5 Å². The fourth-order valence-electron chi connectivity index (χ4n) is 1.93. The minimum Gasteiger partial charge on any atom is -0.326 e. The Kier molecular flexibility index (Phi) is 4.43. The maximum absolute atomic E-state index is 12.1. The summed E-state index contributed by atoms with van der Waals surface area (Å²) in [5.74, 6) is -0.873. The van der Waals surface area contributed by atoms with Crippen LogP contribution in [0.15, 0.2) is 0 Å². The number of ketones is 1. The molecule has 1 unspecified atom stereocenters. The predicted octanol–water partition coefficient (Wildman–Crippen LogP) is 1.57. The number of carbonyl (C=O) groups is 3. The number of aldehydes is 1. The van der Waals surface area contributed by atoms with Crippen molar-refractivity contribution >= 4 is 18.0 Å². The number of carbonyl (C=O) groups excluding carboxylic acids is 3. The number of rotatable bonds is 4. The molecule has 4 nitrogen and oxygen atoms in total. The summed E-state index contributed by atoms with van der Waals surface area (Å²) in [4.78, 5) is 36.5. The van der Waals surface area contributed by atoms with E-state index in [0.717, 1.165) is 19.1 Å². The number of likely N-dealkylation sites (tertiary alicyclic amines) is 1. The average molecular weight is 239 g/mol. The first-order valence-corrected chi connectivity index (χ1v) is 6.24. The zero-order chi connectivity index (χ0) is 13.1. The van der Waals surface area contributed by atoms with Gasteiger partial charge in [0.25, 0.3) is 5.91 Å². The Morgan fingerprint density at radius 1 is 1.35 bits per heavy atom. The molecule has 17 heavy (non-hydrogen) atoms. The lowest BCUT2D eigenvalue weighted by molar-refractivity contribution is -0.152. The highest BCUT2D eigenvalue weighted by Crippen LogP contribution is 2.24. The van der Waals surface area contributed by atoms with Gasteiger partial charge in [-0.2, -0.15) is 0 Å². The van der Waals surface area contributed by atoms with Crippen molar-refractivity contribution in [1.29, 1.82) is 0 Å². The van der Waals surface area contributed by atoms with E-state index in [9.17, 15) is 14.4 Å². The molecule has 1 saturated heterocycles.